The van der Waals surface area contributed by atoms with Crippen molar-refractivity contribution >= 4 is 28.2 Å². The van der Waals surface area contributed by atoms with E-state index in [1.54, 1.807) is 18.2 Å². The predicted octanol–water partition coefficient (Wildman–Crippen LogP) is 3.80. The molecule has 24 heavy (non-hydrogen) atoms. The first-order valence-electron chi connectivity index (χ1n) is 8.10. The van der Waals surface area contributed by atoms with Crippen LogP contribution in [0.3, 0.4) is 0 Å². The van der Waals surface area contributed by atoms with Gasteiger partial charge >= 0.3 is 0 Å². The summed E-state index contributed by atoms with van der Waals surface area (Å²) in [5.74, 6) is -0.329. The van der Waals surface area contributed by atoms with Crippen molar-refractivity contribution in [2.75, 3.05) is 11.9 Å². The van der Waals surface area contributed by atoms with E-state index in [2.05, 4.69) is 17.2 Å². The van der Waals surface area contributed by atoms with E-state index in [9.17, 15) is 9.59 Å². The van der Waals surface area contributed by atoms with E-state index in [0.717, 1.165) is 31.2 Å². The highest BCUT2D eigenvalue weighted by atomic mass is 32.1. The van der Waals surface area contributed by atoms with E-state index in [-0.39, 0.29) is 11.8 Å². The van der Waals surface area contributed by atoms with Crippen molar-refractivity contribution in [1.82, 2.24) is 5.32 Å². The lowest BCUT2D eigenvalue weighted by molar-refractivity contribution is 0.0958. The van der Waals surface area contributed by atoms with Gasteiger partial charge < -0.3 is 10.6 Å². The molecule has 0 unspecified atom stereocenters. The van der Waals surface area contributed by atoms with Crippen LogP contribution in [0.25, 0.3) is 0 Å². The lowest BCUT2D eigenvalue weighted by atomic mass is 9.95. The van der Waals surface area contributed by atoms with E-state index in [0.29, 0.717) is 22.7 Å². The third kappa shape index (κ3) is 3.41. The Morgan fingerprint density at radius 3 is 2.62 bits per heavy atom. The van der Waals surface area contributed by atoms with Crippen molar-refractivity contribution in [3.05, 3.63) is 64.6 Å². The van der Waals surface area contributed by atoms with E-state index in [1.165, 1.54) is 16.2 Å². The third-order valence-corrected chi connectivity index (χ3v) is 5.28. The monoisotopic (exact) mass is 340 g/mol. The SMILES string of the molecule is C=CCNC(=O)c1c(NC(=O)c2ccccc2)sc2c1CCCC2. The lowest BCUT2D eigenvalue weighted by Crippen LogP contribution is -2.25. The Kier molecular flexibility index (Phi) is 5.11. The fourth-order valence-corrected chi connectivity index (χ4v) is 4.19. The molecule has 3 rings (SSSR count). The van der Waals surface area contributed by atoms with Crippen LogP contribution in [0.2, 0.25) is 0 Å². The van der Waals surface area contributed by atoms with Crippen LogP contribution >= 0.6 is 11.3 Å². The molecular weight excluding hydrogens is 320 g/mol. The van der Waals surface area contributed by atoms with Gasteiger partial charge in [-0.05, 0) is 43.4 Å². The Balaban J connectivity index is 1.91. The zero-order valence-electron chi connectivity index (χ0n) is 13.4. The van der Waals surface area contributed by atoms with Crippen LogP contribution in [0.15, 0.2) is 43.0 Å². The summed E-state index contributed by atoms with van der Waals surface area (Å²) in [6, 6.07) is 9.05. The van der Waals surface area contributed by atoms with E-state index in [4.69, 9.17) is 0 Å². The van der Waals surface area contributed by atoms with Crippen molar-refractivity contribution in [3.63, 3.8) is 0 Å². The van der Waals surface area contributed by atoms with Crippen molar-refractivity contribution in [2.45, 2.75) is 25.7 Å². The third-order valence-electron chi connectivity index (χ3n) is 4.07. The average Bonchev–Trinajstić information content (AvgIpc) is 2.98. The molecule has 2 aromatic rings. The fourth-order valence-electron chi connectivity index (χ4n) is 2.91. The average molecular weight is 340 g/mol. The highest BCUT2D eigenvalue weighted by molar-refractivity contribution is 7.17. The minimum absolute atomic E-state index is 0.141. The van der Waals surface area contributed by atoms with Gasteiger partial charge in [0.05, 0.1) is 5.56 Å². The first-order chi connectivity index (χ1) is 11.7. The zero-order valence-corrected chi connectivity index (χ0v) is 14.2. The van der Waals surface area contributed by atoms with Crippen molar-refractivity contribution in [2.24, 2.45) is 0 Å². The number of carbonyl (C=O) groups excluding carboxylic acids is 2. The summed E-state index contributed by atoms with van der Waals surface area (Å²) in [6.45, 7) is 4.04. The van der Waals surface area contributed by atoms with Gasteiger partial charge in [0.25, 0.3) is 11.8 Å². The Labute approximate surface area is 145 Å². The molecule has 0 fully saturated rings. The number of aryl methyl sites for hydroxylation is 1. The van der Waals surface area contributed by atoms with Gasteiger partial charge in [0, 0.05) is 17.0 Å². The maximum Gasteiger partial charge on any atom is 0.256 e. The second-order valence-corrected chi connectivity index (χ2v) is 6.84. The second kappa shape index (κ2) is 7.45. The molecule has 0 saturated heterocycles. The molecule has 1 heterocycles. The summed E-state index contributed by atoms with van der Waals surface area (Å²) in [5, 5.41) is 6.42. The van der Waals surface area contributed by atoms with Crippen LogP contribution in [-0.4, -0.2) is 18.4 Å². The Morgan fingerprint density at radius 2 is 1.88 bits per heavy atom. The van der Waals surface area contributed by atoms with Crippen LogP contribution in [0.4, 0.5) is 5.00 Å². The largest absolute Gasteiger partial charge is 0.348 e. The van der Waals surface area contributed by atoms with Gasteiger partial charge in [0.2, 0.25) is 0 Å². The first kappa shape index (κ1) is 16.5. The first-order valence-corrected chi connectivity index (χ1v) is 8.92. The normalized spacial score (nSPS) is 13.0. The van der Waals surface area contributed by atoms with Gasteiger partial charge in [-0.2, -0.15) is 0 Å². The molecule has 5 heteroatoms. The number of rotatable bonds is 5. The van der Waals surface area contributed by atoms with Gasteiger partial charge in [0.1, 0.15) is 5.00 Å². The number of fused-ring (bicyclic) bond motifs is 1. The number of hydrogen-bond acceptors (Lipinski definition) is 3. The Bertz CT molecular complexity index is 765. The molecule has 0 radical (unpaired) electrons. The van der Waals surface area contributed by atoms with Crippen molar-refractivity contribution < 1.29 is 9.59 Å². The highest BCUT2D eigenvalue weighted by Gasteiger charge is 2.26. The molecular formula is C19H20N2O2S. The topological polar surface area (TPSA) is 58.2 Å². The lowest BCUT2D eigenvalue weighted by Gasteiger charge is -2.13. The zero-order chi connectivity index (χ0) is 16.9. The summed E-state index contributed by atoms with van der Waals surface area (Å²) >= 11 is 1.53. The summed E-state index contributed by atoms with van der Waals surface area (Å²) in [5.41, 5.74) is 2.30. The van der Waals surface area contributed by atoms with Crippen molar-refractivity contribution in [1.29, 1.82) is 0 Å². The smallest absolute Gasteiger partial charge is 0.256 e. The summed E-state index contributed by atoms with van der Waals surface area (Å²) in [7, 11) is 0. The van der Waals surface area contributed by atoms with Gasteiger partial charge in [0.15, 0.2) is 0 Å². The minimum Gasteiger partial charge on any atom is -0.348 e. The molecule has 0 saturated carbocycles. The molecule has 0 spiro atoms. The number of anilines is 1. The molecule has 1 aromatic heterocycles. The van der Waals surface area contributed by atoms with Crippen LogP contribution in [-0.2, 0) is 12.8 Å². The molecule has 124 valence electrons. The standard InChI is InChI=1S/C19H20N2O2S/c1-2-12-20-18(23)16-14-10-6-7-11-15(14)24-19(16)21-17(22)13-8-4-3-5-9-13/h2-5,8-9H,1,6-7,10-12H2,(H,20,23)(H,21,22). The molecule has 1 aliphatic rings. The number of hydrogen-bond donors (Lipinski definition) is 2. The molecule has 0 bridgehead atoms. The number of amides is 2. The summed E-state index contributed by atoms with van der Waals surface area (Å²) < 4.78 is 0. The molecule has 1 aliphatic carbocycles. The Hall–Kier alpha value is -2.40. The summed E-state index contributed by atoms with van der Waals surface area (Å²) in [6.07, 6.45) is 5.73. The number of nitrogens with one attached hydrogen (secondary N) is 2. The van der Waals surface area contributed by atoms with Gasteiger partial charge in [-0.3, -0.25) is 9.59 Å². The molecule has 0 atom stereocenters. The predicted molar refractivity (Wildman–Crippen MR) is 97.9 cm³/mol. The van der Waals surface area contributed by atoms with E-state index < -0.39 is 0 Å². The quantitative estimate of drug-likeness (QED) is 0.814. The molecule has 0 aliphatic heterocycles. The van der Waals surface area contributed by atoms with Crippen LogP contribution in [0, 0.1) is 0 Å². The number of carbonyl (C=O) groups is 2. The maximum absolute atomic E-state index is 12.6. The highest BCUT2D eigenvalue weighted by Crippen LogP contribution is 2.38. The van der Waals surface area contributed by atoms with Crippen LogP contribution < -0.4 is 10.6 Å². The number of thiophene rings is 1. The Morgan fingerprint density at radius 1 is 1.12 bits per heavy atom. The maximum atomic E-state index is 12.6. The van der Waals surface area contributed by atoms with Crippen LogP contribution in [0.5, 0.6) is 0 Å². The van der Waals surface area contributed by atoms with E-state index in [1.807, 2.05) is 18.2 Å². The summed E-state index contributed by atoms with van der Waals surface area (Å²) in [4.78, 5) is 26.3. The number of benzene rings is 1. The van der Waals surface area contributed by atoms with Gasteiger partial charge in [-0.1, -0.05) is 24.3 Å². The molecule has 2 N–H and O–H groups in total. The molecule has 4 nitrogen and oxygen atoms in total. The van der Waals surface area contributed by atoms with Gasteiger partial charge in [-0.15, -0.1) is 17.9 Å². The second-order valence-electron chi connectivity index (χ2n) is 5.73. The fraction of sp³-hybridized carbons (Fsp3) is 0.263. The van der Waals surface area contributed by atoms with E-state index >= 15 is 0 Å². The van der Waals surface area contributed by atoms with Crippen LogP contribution in [0.1, 0.15) is 44.0 Å². The van der Waals surface area contributed by atoms with Gasteiger partial charge in [-0.25, -0.2) is 0 Å². The minimum atomic E-state index is -0.188. The van der Waals surface area contributed by atoms with Crippen molar-refractivity contribution in [3.8, 4) is 0 Å². The molecule has 2 amide bonds. The molecule has 1 aromatic carbocycles.